The third-order valence-corrected chi connectivity index (χ3v) is 8.23. The molecule has 0 fully saturated rings. The van der Waals surface area contributed by atoms with Crippen LogP contribution in [0.5, 0.6) is 0 Å². The highest BCUT2D eigenvalue weighted by Crippen LogP contribution is 2.42. The fraction of sp³-hybridized carbons (Fsp3) is 0.130. The third-order valence-electron chi connectivity index (χ3n) is 5.50. The molecule has 6 rings (SSSR count). The van der Waals surface area contributed by atoms with Crippen molar-refractivity contribution in [3.63, 3.8) is 0 Å². The molecule has 1 aromatic carbocycles. The smallest absolute Gasteiger partial charge is 0.271 e. The average Bonchev–Trinajstić information content (AvgIpc) is 3.50. The zero-order valence-corrected chi connectivity index (χ0v) is 17.8. The van der Waals surface area contributed by atoms with Crippen molar-refractivity contribution in [1.82, 2.24) is 4.57 Å². The van der Waals surface area contributed by atoms with Gasteiger partial charge in [0.2, 0.25) is 0 Å². The van der Waals surface area contributed by atoms with E-state index in [1.807, 2.05) is 28.2 Å². The molecule has 3 aromatic heterocycles. The molecule has 4 aromatic rings. The van der Waals surface area contributed by atoms with E-state index in [0.29, 0.717) is 0 Å². The Kier molecular flexibility index (Phi) is 4.04. The van der Waals surface area contributed by atoms with Crippen LogP contribution in [0, 0.1) is 0 Å². The molecular weight excluding hydrogens is 416 g/mol. The van der Waals surface area contributed by atoms with Gasteiger partial charge in [0.1, 0.15) is 0 Å². The summed E-state index contributed by atoms with van der Waals surface area (Å²) in [5.41, 5.74) is 4.95. The maximum atomic E-state index is 13.4. The van der Waals surface area contributed by atoms with Crippen molar-refractivity contribution in [2.45, 2.75) is 18.9 Å². The second-order valence-corrected chi connectivity index (χ2v) is 10.1. The highest BCUT2D eigenvalue weighted by molar-refractivity contribution is 7.11. The van der Waals surface area contributed by atoms with Gasteiger partial charge in [0.05, 0.1) is 16.3 Å². The number of fused-ring (bicyclic) bond motifs is 3. The van der Waals surface area contributed by atoms with Gasteiger partial charge in [-0.05, 0) is 52.9 Å². The molecule has 1 atom stereocenters. The Hall–Kier alpha value is -2.54. The summed E-state index contributed by atoms with van der Waals surface area (Å²) in [5, 5.41) is 4.13. The van der Waals surface area contributed by atoms with Crippen molar-refractivity contribution < 1.29 is 0 Å². The van der Waals surface area contributed by atoms with Crippen LogP contribution >= 0.6 is 34.0 Å². The number of thiazole rings is 1. The van der Waals surface area contributed by atoms with Gasteiger partial charge >= 0.3 is 0 Å². The first-order valence-electron chi connectivity index (χ1n) is 9.49. The molecule has 0 unspecified atom stereocenters. The van der Waals surface area contributed by atoms with E-state index in [9.17, 15) is 4.79 Å². The second-order valence-electron chi connectivity index (χ2n) is 7.14. The van der Waals surface area contributed by atoms with E-state index < -0.39 is 0 Å². The predicted octanol–water partition coefficient (Wildman–Crippen LogP) is 4.44. The molecular formula is C23H16N2OS3. The zero-order valence-electron chi connectivity index (χ0n) is 15.4. The Morgan fingerprint density at radius 1 is 1.00 bits per heavy atom. The number of thiophene rings is 2. The maximum Gasteiger partial charge on any atom is 0.271 e. The van der Waals surface area contributed by atoms with E-state index >= 15 is 0 Å². The van der Waals surface area contributed by atoms with Gasteiger partial charge in [-0.15, -0.1) is 22.7 Å². The lowest BCUT2D eigenvalue weighted by Gasteiger charge is -2.30. The first-order valence-corrected chi connectivity index (χ1v) is 12.1. The number of nitrogens with zero attached hydrogens (tertiary/aromatic N) is 2. The van der Waals surface area contributed by atoms with Crippen LogP contribution in [0.3, 0.4) is 0 Å². The van der Waals surface area contributed by atoms with Crippen molar-refractivity contribution in [2.24, 2.45) is 4.99 Å². The molecule has 142 valence electrons. The molecule has 3 nitrogen and oxygen atoms in total. The molecule has 1 aliphatic heterocycles. The molecule has 0 bridgehead atoms. The fourth-order valence-corrected chi connectivity index (χ4v) is 6.79. The van der Waals surface area contributed by atoms with Crippen molar-refractivity contribution >= 4 is 45.8 Å². The van der Waals surface area contributed by atoms with E-state index in [4.69, 9.17) is 4.99 Å². The molecule has 0 radical (unpaired) electrons. The molecule has 2 aliphatic rings. The SMILES string of the molecule is O=c1/c(=C\c2cccs2)sc2n1[C@@H](c1cccs1)C1=C(N=2)c2ccccc2CC1. The molecule has 0 amide bonds. The standard InChI is InChI=1S/C23H16N2OS3/c26-22-19(13-15-6-3-11-27-15)29-23-24-20-16-7-2-1-5-14(16)9-10-17(20)21(25(22)23)18-8-4-12-28-18/h1-8,11-13,21H,9-10H2/b19-13+/t21-/m1/s1. The van der Waals surface area contributed by atoms with Gasteiger partial charge < -0.3 is 0 Å². The minimum atomic E-state index is -0.0555. The number of aromatic nitrogens is 1. The first kappa shape index (κ1) is 17.3. The summed E-state index contributed by atoms with van der Waals surface area (Å²) in [4.78, 5) is 21.6. The molecule has 0 saturated carbocycles. The van der Waals surface area contributed by atoms with Crippen LogP contribution in [-0.2, 0) is 6.42 Å². The highest BCUT2D eigenvalue weighted by Gasteiger charge is 2.32. The van der Waals surface area contributed by atoms with E-state index in [1.165, 1.54) is 32.9 Å². The number of rotatable bonds is 2. The minimum Gasteiger partial charge on any atom is -0.271 e. The van der Waals surface area contributed by atoms with E-state index in [0.717, 1.165) is 32.7 Å². The summed E-state index contributed by atoms with van der Waals surface area (Å²) in [7, 11) is 0. The van der Waals surface area contributed by atoms with Crippen molar-refractivity contribution in [2.75, 3.05) is 0 Å². The summed E-state index contributed by atoms with van der Waals surface area (Å²) >= 11 is 4.86. The maximum absolute atomic E-state index is 13.4. The Balaban J connectivity index is 1.66. The van der Waals surface area contributed by atoms with Gasteiger partial charge in [-0.25, -0.2) is 4.99 Å². The Morgan fingerprint density at radius 2 is 1.86 bits per heavy atom. The number of hydrogen-bond donors (Lipinski definition) is 0. The number of hydrogen-bond acceptors (Lipinski definition) is 5. The lowest BCUT2D eigenvalue weighted by Crippen LogP contribution is -2.38. The van der Waals surface area contributed by atoms with Crippen LogP contribution in [0.25, 0.3) is 11.8 Å². The van der Waals surface area contributed by atoms with Gasteiger partial charge in [0.15, 0.2) is 4.80 Å². The van der Waals surface area contributed by atoms with Crippen molar-refractivity contribution in [1.29, 1.82) is 0 Å². The minimum absolute atomic E-state index is 0.0555. The van der Waals surface area contributed by atoms with Gasteiger partial charge in [0, 0.05) is 15.3 Å². The first-order chi connectivity index (χ1) is 14.3. The largest absolute Gasteiger partial charge is 0.271 e. The van der Waals surface area contributed by atoms with Crippen molar-refractivity contribution in [3.8, 4) is 0 Å². The summed E-state index contributed by atoms with van der Waals surface area (Å²) in [5.74, 6) is 0. The van der Waals surface area contributed by atoms with Gasteiger partial charge in [-0.2, -0.15) is 0 Å². The molecule has 1 aliphatic carbocycles. The molecule has 4 heterocycles. The fourth-order valence-electron chi connectivity index (χ4n) is 4.22. The third kappa shape index (κ3) is 2.74. The highest BCUT2D eigenvalue weighted by atomic mass is 32.1. The lowest BCUT2D eigenvalue weighted by atomic mass is 9.85. The zero-order chi connectivity index (χ0) is 19.4. The summed E-state index contributed by atoms with van der Waals surface area (Å²) in [6, 6.07) is 16.7. The monoisotopic (exact) mass is 432 g/mol. The van der Waals surface area contributed by atoms with Crippen LogP contribution in [0.2, 0.25) is 0 Å². The van der Waals surface area contributed by atoms with Crippen LogP contribution in [0.15, 0.2) is 74.7 Å². The lowest BCUT2D eigenvalue weighted by molar-refractivity contribution is 0.593. The Morgan fingerprint density at radius 3 is 2.69 bits per heavy atom. The van der Waals surface area contributed by atoms with Crippen LogP contribution in [0.4, 0.5) is 0 Å². The molecule has 29 heavy (non-hydrogen) atoms. The quantitative estimate of drug-likeness (QED) is 0.461. The Labute approximate surface area is 179 Å². The van der Waals surface area contributed by atoms with E-state index in [2.05, 4.69) is 41.8 Å². The topological polar surface area (TPSA) is 34.4 Å². The van der Waals surface area contributed by atoms with Gasteiger partial charge in [-0.3, -0.25) is 9.36 Å². The van der Waals surface area contributed by atoms with E-state index in [1.54, 1.807) is 22.7 Å². The summed E-state index contributed by atoms with van der Waals surface area (Å²) in [6.07, 6.45) is 3.93. The van der Waals surface area contributed by atoms with Crippen LogP contribution in [-0.4, -0.2) is 4.57 Å². The summed E-state index contributed by atoms with van der Waals surface area (Å²) < 4.78 is 2.67. The molecule has 0 spiro atoms. The molecule has 0 saturated heterocycles. The van der Waals surface area contributed by atoms with Crippen LogP contribution in [0.1, 0.15) is 33.3 Å². The van der Waals surface area contributed by atoms with E-state index in [-0.39, 0.29) is 11.6 Å². The van der Waals surface area contributed by atoms with Gasteiger partial charge in [-0.1, -0.05) is 47.7 Å². The molecule has 6 heteroatoms. The second kappa shape index (κ2) is 6.76. The average molecular weight is 433 g/mol. The Bertz CT molecular complexity index is 1420. The van der Waals surface area contributed by atoms with Crippen molar-refractivity contribution in [3.05, 3.63) is 105 Å². The summed E-state index contributed by atoms with van der Waals surface area (Å²) in [6.45, 7) is 0. The molecule has 0 N–H and O–H groups in total. The number of benzene rings is 1. The number of allylic oxidation sites excluding steroid dienone is 1. The number of aryl methyl sites for hydroxylation is 1. The van der Waals surface area contributed by atoms with Gasteiger partial charge in [0.25, 0.3) is 5.56 Å². The predicted molar refractivity (Wildman–Crippen MR) is 121 cm³/mol. The van der Waals surface area contributed by atoms with Crippen LogP contribution < -0.4 is 14.9 Å². The normalized spacial score (nSPS) is 18.2.